The molecule has 0 unspecified atom stereocenters. The van der Waals surface area contributed by atoms with E-state index in [9.17, 15) is 5.11 Å². The van der Waals surface area contributed by atoms with E-state index < -0.39 is 0 Å². The molecule has 0 atom stereocenters. The first kappa shape index (κ1) is 19.1. The fraction of sp³-hybridized carbons (Fsp3) is 0.476. The van der Waals surface area contributed by atoms with Crippen LogP contribution in [0.2, 0.25) is 0 Å². The molecule has 25 heavy (non-hydrogen) atoms. The summed E-state index contributed by atoms with van der Waals surface area (Å²) in [6.45, 7) is 13.7. The maximum atomic E-state index is 10.3. The van der Waals surface area contributed by atoms with Crippen molar-refractivity contribution < 1.29 is 9.84 Å². The van der Waals surface area contributed by atoms with E-state index in [4.69, 9.17) is 4.74 Å². The van der Waals surface area contributed by atoms with Crippen LogP contribution in [-0.2, 0) is 17.4 Å². The molecule has 0 saturated heterocycles. The molecule has 0 bridgehead atoms. The second-order valence-corrected chi connectivity index (χ2v) is 8.45. The lowest BCUT2D eigenvalue weighted by Gasteiger charge is -2.30. The van der Waals surface area contributed by atoms with Crippen molar-refractivity contribution in [1.82, 2.24) is 4.98 Å². The zero-order valence-electron chi connectivity index (χ0n) is 16.4. The molecule has 4 heteroatoms. The van der Waals surface area contributed by atoms with Crippen LogP contribution in [0.25, 0.3) is 0 Å². The van der Waals surface area contributed by atoms with Crippen LogP contribution in [0, 0.1) is 0 Å². The van der Waals surface area contributed by atoms with Gasteiger partial charge in [-0.05, 0) is 39.7 Å². The van der Waals surface area contributed by atoms with Gasteiger partial charge in [-0.25, -0.2) is 0 Å². The number of phenolic OH excluding ortho intramolecular Hbond substituents is 1. The van der Waals surface area contributed by atoms with E-state index in [1.807, 2.05) is 18.2 Å². The number of ether oxygens (including phenoxy) is 1. The number of aromatic hydroxyl groups is 1. The predicted octanol–water partition coefficient (Wildman–Crippen LogP) is 5.00. The zero-order valence-corrected chi connectivity index (χ0v) is 16.4. The number of benzene rings is 1. The molecular formula is C21H30N2O2. The topological polar surface area (TPSA) is 54.4 Å². The zero-order chi connectivity index (χ0) is 18.8. The Morgan fingerprint density at radius 3 is 2.08 bits per heavy atom. The number of nitrogens with one attached hydrogen (secondary N) is 1. The van der Waals surface area contributed by atoms with Crippen molar-refractivity contribution in [1.29, 1.82) is 0 Å². The molecule has 136 valence electrons. The highest BCUT2D eigenvalue weighted by Crippen LogP contribution is 2.37. The molecule has 0 amide bonds. The highest BCUT2D eigenvalue weighted by atomic mass is 16.5. The largest absolute Gasteiger partial charge is 0.508 e. The molecule has 1 heterocycles. The van der Waals surface area contributed by atoms with Gasteiger partial charge in [0.05, 0.1) is 19.0 Å². The van der Waals surface area contributed by atoms with Crippen molar-refractivity contribution in [3.63, 3.8) is 0 Å². The van der Waals surface area contributed by atoms with Crippen LogP contribution in [0.5, 0.6) is 11.5 Å². The first-order chi connectivity index (χ1) is 11.5. The number of hydrogen-bond acceptors (Lipinski definition) is 4. The van der Waals surface area contributed by atoms with E-state index in [1.54, 1.807) is 19.5 Å². The van der Waals surface area contributed by atoms with Crippen molar-refractivity contribution >= 4 is 5.69 Å². The predicted molar refractivity (Wildman–Crippen MR) is 104 cm³/mol. The van der Waals surface area contributed by atoms with Crippen LogP contribution in [0.1, 0.15) is 58.2 Å². The minimum atomic E-state index is -0.0746. The van der Waals surface area contributed by atoms with Gasteiger partial charge in [0.25, 0.3) is 0 Å². The van der Waals surface area contributed by atoms with E-state index in [-0.39, 0.29) is 10.8 Å². The number of methoxy groups -OCH3 is 1. The van der Waals surface area contributed by atoms with Crippen molar-refractivity contribution in [2.24, 2.45) is 0 Å². The Balaban J connectivity index is 2.51. The second-order valence-electron chi connectivity index (χ2n) is 8.45. The van der Waals surface area contributed by atoms with Gasteiger partial charge in [0, 0.05) is 18.8 Å². The maximum absolute atomic E-state index is 10.3. The molecular weight excluding hydrogens is 312 g/mol. The molecule has 0 aliphatic rings. The first-order valence-electron chi connectivity index (χ1n) is 8.62. The summed E-state index contributed by atoms with van der Waals surface area (Å²) in [6.07, 6.45) is 3.48. The third-order valence-electron chi connectivity index (χ3n) is 4.31. The molecule has 0 spiro atoms. The molecule has 1 aromatic carbocycles. The molecule has 0 radical (unpaired) electrons. The molecule has 0 fully saturated rings. The minimum Gasteiger partial charge on any atom is -0.508 e. The van der Waals surface area contributed by atoms with E-state index in [2.05, 4.69) is 51.8 Å². The van der Waals surface area contributed by atoms with Gasteiger partial charge in [-0.15, -0.1) is 0 Å². The summed E-state index contributed by atoms with van der Waals surface area (Å²) in [4.78, 5) is 4.18. The van der Waals surface area contributed by atoms with Crippen LogP contribution >= 0.6 is 0 Å². The van der Waals surface area contributed by atoms with Crippen molar-refractivity contribution in [2.45, 2.75) is 58.9 Å². The number of aromatic nitrogens is 1. The van der Waals surface area contributed by atoms with Gasteiger partial charge in [-0.2, -0.15) is 0 Å². The van der Waals surface area contributed by atoms with E-state index in [1.165, 1.54) is 5.56 Å². The van der Waals surface area contributed by atoms with E-state index in [0.717, 1.165) is 22.6 Å². The number of hydrogen-bond donors (Lipinski definition) is 2. The molecule has 2 N–H and O–H groups in total. The highest BCUT2D eigenvalue weighted by molar-refractivity contribution is 5.56. The van der Waals surface area contributed by atoms with Gasteiger partial charge >= 0.3 is 0 Å². The molecule has 4 nitrogen and oxygen atoms in total. The van der Waals surface area contributed by atoms with Crippen molar-refractivity contribution in [3.05, 3.63) is 47.3 Å². The monoisotopic (exact) mass is 342 g/mol. The second kappa shape index (κ2) is 6.95. The Hall–Kier alpha value is -2.23. The van der Waals surface area contributed by atoms with Crippen LogP contribution in [-0.4, -0.2) is 17.2 Å². The minimum absolute atomic E-state index is 0.0746. The molecule has 2 rings (SSSR count). The summed E-state index contributed by atoms with van der Waals surface area (Å²) in [5, 5.41) is 13.7. The van der Waals surface area contributed by atoms with Gasteiger partial charge in [-0.3, -0.25) is 4.98 Å². The SMILES string of the molecule is COc1ccncc1NCc1c(C(C)(C)C)cc(O)cc1C(C)(C)C. The van der Waals surface area contributed by atoms with Gasteiger partial charge in [0.2, 0.25) is 0 Å². The Morgan fingerprint density at radius 2 is 1.60 bits per heavy atom. The van der Waals surface area contributed by atoms with Crippen LogP contribution in [0.4, 0.5) is 5.69 Å². The standard InChI is InChI=1S/C21H30N2O2/c1-20(2,3)16-10-14(24)11-17(21(4,5)6)15(16)12-23-18-13-22-9-8-19(18)25-7/h8-11,13,23-24H,12H2,1-7H3. The van der Waals surface area contributed by atoms with Crippen LogP contribution in [0.15, 0.2) is 30.6 Å². The molecule has 0 saturated carbocycles. The van der Waals surface area contributed by atoms with E-state index in [0.29, 0.717) is 12.3 Å². The van der Waals surface area contributed by atoms with Gasteiger partial charge in [-0.1, -0.05) is 41.5 Å². The van der Waals surface area contributed by atoms with Gasteiger partial charge in [0.1, 0.15) is 11.5 Å². The number of nitrogens with zero attached hydrogens (tertiary/aromatic N) is 1. The average molecular weight is 342 g/mol. The Bertz CT molecular complexity index is 705. The van der Waals surface area contributed by atoms with Gasteiger partial charge in [0.15, 0.2) is 0 Å². The number of pyridine rings is 1. The van der Waals surface area contributed by atoms with Crippen molar-refractivity contribution in [3.8, 4) is 11.5 Å². The van der Waals surface area contributed by atoms with Crippen LogP contribution < -0.4 is 10.1 Å². The summed E-state index contributed by atoms with van der Waals surface area (Å²) in [5.74, 6) is 1.08. The Labute approximate surface area is 151 Å². The lowest BCUT2D eigenvalue weighted by atomic mass is 9.76. The molecule has 0 aliphatic heterocycles. The molecule has 2 aromatic rings. The fourth-order valence-corrected chi connectivity index (χ4v) is 3.06. The lowest BCUT2D eigenvalue weighted by molar-refractivity contribution is 0.416. The number of phenols is 1. The van der Waals surface area contributed by atoms with Crippen LogP contribution in [0.3, 0.4) is 0 Å². The lowest BCUT2D eigenvalue weighted by Crippen LogP contribution is -2.22. The Morgan fingerprint density at radius 1 is 1.04 bits per heavy atom. The first-order valence-corrected chi connectivity index (χ1v) is 8.62. The average Bonchev–Trinajstić information content (AvgIpc) is 2.51. The third-order valence-corrected chi connectivity index (χ3v) is 4.31. The quantitative estimate of drug-likeness (QED) is 0.821. The maximum Gasteiger partial charge on any atom is 0.145 e. The highest BCUT2D eigenvalue weighted by Gasteiger charge is 2.26. The normalized spacial score (nSPS) is 12.1. The summed E-state index contributed by atoms with van der Waals surface area (Å²) in [7, 11) is 1.65. The van der Waals surface area contributed by atoms with E-state index >= 15 is 0 Å². The summed E-state index contributed by atoms with van der Waals surface area (Å²) < 4.78 is 5.41. The number of rotatable bonds is 4. The Kier molecular flexibility index (Phi) is 5.31. The summed E-state index contributed by atoms with van der Waals surface area (Å²) in [5.41, 5.74) is 4.21. The molecule has 1 aromatic heterocycles. The number of anilines is 1. The third kappa shape index (κ3) is 4.44. The fourth-order valence-electron chi connectivity index (χ4n) is 3.06. The van der Waals surface area contributed by atoms with Gasteiger partial charge < -0.3 is 15.2 Å². The summed E-state index contributed by atoms with van der Waals surface area (Å²) in [6, 6.07) is 5.61. The van der Waals surface area contributed by atoms with Crippen molar-refractivity contribution in [2.75, 3.05) is 12.4 Å². The smallest absolute Gasteiger partial charge is 0.145 e. The summed E-state index contributed by atoms with van der Waals surface area (Å²) >= 11 is 0. The molecule has 0 aliphatic carbocycles.